The summed E-state index contributed by atoms with van der Waals surface area (Å²) in [4.78, 5) is 13.5. The summed E-state index contributed by atoms with van der Waals surface area (Å²) < 4.78 is 0. The first-order chi connectivity index (χ1) is 8.02. The Bertz CT molecular complexity index is 440. The summed E-state index contributed by atoms with van der Waals surface area (Å²) in [5.74, 6) is -0.173. The molecule has 0 unspecified atom stereocenters. The van der Waals surface area contributed by atoms with E-state index in [1.165, 1.54) is 0 Å². The minimum atomic E-state index is -0.136. The Hall–Kier alpha value is -1.28. The van der Waals surface area contributed by atoms with E-state index in [9.17, 15) is 4.79 Å². The second-order valence-corrected chi connectivity index (χ2v) is 4.30. The van der Waals surface area contributed by atoms with Gasteiger partial charge in [0, 0.05) is 5.70 Å². The maximum Gasteiger partial charge on any atom is 0.246 e. The number of aryl methyl sites for hydroxylation is 2. The molecule has 0 N–H and O–H groups in total. The van der Waals surface area contributed by atoms with Crippen molar-refractivity contribution < 1.29 is 4.79 Å². The number of rotatable bonds is 4. The topological polar surface area (TPSA) is 20.3 Å². The van der Waals surface area contributed by atoms with Gasteiger partial charge in [-0.2, -0.15) is 0 Å². The fourth-order valence-corrected chi connectivity index (χ4v) is 2.03. The SMILES string of the molecule is C=C(C)N(C(=O)CCl)c1c(C)cccc1CC. The van der Waals surface area contributed by atoms with Gasteiger partial charge in [0.2, 0.25) is 5.91 Å². The Kier molecular flexibility index (Phi) is 4.76. The van der Waals surface area contributed by atoms with Crippen LogP contribution in [0.25, 0.3) is 0 Å². The second-order valence-electron chi connectivity index (χ2n) is 4.03. The van der Waals surface area contributed by atoms with Crippen molar-refractivity contribution in [1.82, 2.24) is 0 Å². The zero-order valence-electron chi connectivity index (χ0n) is 10.6. The molecule has 1 rings (SSSR count). The molecule has 2 nitrogen and oxygen atoms in total. The number of halogens is 1. The zero-order valence-corrected chi connectivity index (χ0v) is 11.3. The normalized spacial score (nSPS) is 10.1. The first-order valence-corrected chi connectivity index (χ1v) is 6.19. The van der Waals surface area contributed by atoms with E-state index in [2.05, 4.69) is 13.5 Å². The molecule has 0 aliphatic rings. The lowest BCUT2D eigenvalue weighted by Gasteiger charge is -2.26. The third-order valence-corrected chi connectivity index (χ3v) is 2.90. The molecule has 0 radical (unpaired) electrons. The van der Waals surface area contributed by atoms with Crippen molar-refractivity contribution in [2.45, 2.75) is 27.2 Å². The molecule has 0 atom stereocenters. The highest BCUT2D eigenvalue weighted by Gasteiger charge is 2.19. The van der Waals surface area contributed by atoms with E-state index in [4.69, 9.17) is 11.6 Å². The van der Waals surface area contributed by atoms with Crippen LogP contribution in [0.3, 0.4) is 0 Å². The summed E-state index contributed by atoms with van der Waals surface area (Å²) in [5, 5.41) is 0. The molecule has 0 saturated heterocycles. The Morgan fingerprint density at radius 1 is 1.47 bits per heavy atom. The van der Waals surface area contributed by atoms with E-state index in [1.807, 2.05) is 32.0 Å². The summed E-state index contributed by atoms with van der Waals surface area (Å²) in [6, 6.07) is 6.02. The first-order valence-electron chi connectivity index (χ1n) is 5.65. The Labute approximate surface area is 108 Å². The number of alkyl halides is 1. The first kappa shape index (κ1) is 13.8. The Morgan fingerprint density at radius 2 is 2.12 bits per heavy atom. The van der Waals surface area contributed by atoms with Crippen molar-refractivity contribution in [3.05, 3.63) is 41.6 Å². The number of carbonyl (C=O) groups is 1. The number of benzene rings is 1. The molecule has 0 saturated carbocycles. The number of amides is 1. The van der Waals surface area contributed by atoms with Crippen molar-refractivity contribution >= 4 is 23.2 Å². The van der Waals surface area contributed by atoms with Gasteiger partial charge in [-0.15, -0.1) is 11.6 Å². The van der Waals surface area contributed by atoms with Gasteiger partial charge in [-0.3, -0.25) is 9.69 Å². The summed E-state index contributed by atoms with van der Waals surface area (Å²) in [7, 11) is 0. The molecule has 0 fully saturated rings. The molecule has 0 spiro atoms. The predicted molar refractivity (Wildman–Crippen MR) is 73.6 cm³/mol. The van der Waals surface area contributed by atoms with Gasteiger partial charge in [-0.05, 0) is 31.4 Å². The lowest BCUT2D eigenvalue weighted by Crippen LogP contribution is -2.31. The standard InChI is InChI=1S/C14H18ClNO/c1-5-12-8-6-7-11(4)14(12)16(10(2)3)13(17)9-15/h6-8H,2,5,9H2,1,3-4H3. The van der Waals surface area contributed by atoms with Crippen LogP contribution in [0.1, 0.15) is 25.0 Å². The van der Waals surface area contributed by atoms with E-state index in [1.54, 1.807) is 4.90 Å². The van der Waals surface area contributed by atoms with Crippen LogP contribution < -0.4 is 4.90 Å². The van der Waals surface area contributed by atoms with Crippen LogP contribution in [-0.2, 0) is 11.2 Å². The van der Waals surface area contributed by atoms with Gasteiger partial charge in [0.15, 0.2) is 0 Å². The molecule has 17 heavy (non-hydrogen) atoms. The largest absolute Gasteiger partial charge is 0.284 e. The van der Waals surface area contributed by atoms with Crippen LogP contribution in [0.2, 0.25) is 0 Å². The number of carbonyl (C=O) groups excluding carboxylic acids is 1. The Balaban J connectivity index is 3.37. The molecule has 1 amide bonds. The molecule has 92 valence electrons. The van der Waals surface area contributed by atoms with Crippen LogP contribution >= 0.6 is 11.6 Å². The van der Waals surface area contributed by atoms with E-state index in [0.717, 1.165) is 23.2 Å². The number of nitrogens with zero attached hydrogens (tertiary/aromatic N) is 1. The minimum absolute atomic E-state index is 0.0374. The van der Waals surface area contributed by atoms with Crippen molar-refractivity contribution in [3.63, 3.8) is 0 Å². The maximum absolute atomic E-state index is 11.9. The van der Waals surface area contributed by atoms with Gasteiger partial charge in [0.1, 0.15) is 5.88 Å². The monoisotopic (exact) mass is 251 g/mol. The van der Waals surface area contributed by atoms with Gasteiger partial charge in [0.25, 0.3) is 0 Å². The molecular weight excluding hydrogens is 234 g/mol. The average Bonchev–Trinajstić information content (AvgIpc) is 2.30. The molecule has 3 heteroatoms. The fourth-order valence-electron chi connectivity index (χ4n) is 1.91. The van der Waals surface area contributed by atoms with Gasteiger partial charge < -0.3 is 0 Å². The minimum Gasteiger partial charge on any atom is -0.284 e. The van der Waals surface area contributed by atoms with E-state index < -0.39 is 0 Å². The number of allylic oxidation sites excluding steroid dienone is 1. The zero-order chi connectivity index (χ0) is 13.0. The van der Waals surface area contributed by atoms with Gasteiger partial charge in [-0.1, -0.05) is 31.7 Å². The summed E-state index contributed by atoms with van der Waals surface area (Å²) in [6.07, 6.45) is 0.871. The number of para-hydroxylation sites is 1. The van der Waals surface area contributed by atoms with Crippen molar-refractivity contribution in [3.8, 4) is 0 Å². The molecule has 1 aromatic carbocycles. The van der Waals surface area contributed by atoms with E-state index in [-0.39, 0.29) is 11.8 Å². The van der Waals surface area contributed by atoms with Gasteiger partial charge in [0.05, 0.1) is 5.69 Å². The third-order valence-electron chi connectivity index (χ3n) is 2.67. The van der Waals surface area contributed by atoms with E-state index >= 15 is 0 Å². The predicted octanol–water partition coefficient (Wildman–Crippen LogP) is 3.66. The smallest absolute Gasteiger partial charge is 0.246 e. The highest BCUT2D eigenvalue weighted by atomic mass is 35.5. The highest BCUT2D eigenvalue weighted by molar-refractivity contribution is 6.29. The van der Waals surface area contributed by atoms with Crippen LogP contribution in [-0.4, -0.2) is 11.8 Å². The number of hydrogen-bond acceptors (Lipinski definition) is 1. The lowest BCUT2D eigenvalue weighted by molar-refractivity contribution is -0.115. The molecule has 0 heterocycles. The number of anilines is 1. The van der Waals surface area contributed by atoms with E-state index in [0.29, 0.717) is 5.70 Å². The van der Waals surface area contributed by atoms with Crippen LogP contribution in [0.5, 0.6) is 0 Å². The molecule has 0 aliphatic heterocycles. The van der Waals surface area contributed by atoms with Crippen molar-refractivity contribution in [1.29, 1.82) is 0 Å². The molecular formula is C14H18ClNO. The van der Waals surface area contributed by atoms with Crippen LogP contribution in [0.4, 0.5) is 5.69 Å². The highest BCUT2D eigenvalue weighted by Crippen LogP contribution is 2.28. The quantitative estimate of drug-likeness (QED) is 0.748. The fraction of sp³-hybridized carbons (Fsp3) is 0.357. The average molecular weight is 252 g/mol. The maximum atomic E-state index is 11.9. The molecule has 0 aliphatic carbocycles. The van der Waals surface area contributed by atoms with Crippen molar-refractivity contribution in [2.24, 2.45) is 0 Å². The summed E-state index contributed by atoms with van der Waals surface area (Å²) in [5.41, 5.74) is 3.81. The van der Waals surface area contributed by atoms with Gasteiger partial charge >= 0.3 is 0 Å². The Morgan fingerprint density at radius 3 is 2.59 bits per heavy atom. The van der Waals surface area contributed by atoms with Crippen LogP contribution in [0.15, 0.2) is 30.5 Å². The molecule has 1 aromatic rings. The number of hydrogen-bond donors (Lipinski definition) is 0. The second kappa shape index (κ2) is 5.87. The molecule has 0 bridgehead atoms. The molecule has 0 aromatic heterocycles. The summed E-state index contributed by atoms with van der Waals surface area (Å²) in [6.45, 7) is 9.74. The third kappa shape index (κ3) is 2.89. The lowest BCUT2D eigenvalue weighted by atomic mass is 10.0. The van der Waals surface area contributed by atoms with Gasteiger partial charge in [-0.25, -0.2) is 0 Å². The van der Waals surface area contributed by atoms with Crippen molar-refractivity contribution in [2.75, 3.05) is 10.8 Å². The van der Waals surface area contributed by atoms with Crippen LogP contribution in [0, 0.1) is 6.92 Å². The summed E-state index contributed by atoms with van der Waals surface area (Å²) >= 11 is 5.66.